The van der Waals surface area contributed by atoms with Crippen molar-refractivity contribution in [3.63, 3.8) is 0 Å². The first kappa shape index (κ1) is 18.2. The van der Waals surface area contributed by atoms with E-state index < -0.39 is 6.10 Å². The molecule has 0 bridgehead atoms. The van der Waals surface area contributed by atoms with E-state index in [1.54, 1.807) is 24.3 Å². The van der Waals surface area contributed by atoms with Crippen LogP contribution in [-0.4, -0.2) is 43.6 Å². The van der Waals surface area contributed by atoms with Crippen LogP contribution in [-0.2, 0) is 4.74 Å². The minimum Gasteiger partial charge on any atom is -0.491 e. The molecule has 0 fully saturated rings. The van der Waals surface area contributed by atoms with E-state index in [0.29, 0.717) is 23.4 Å². The van der Waals surface area contributed by atoms with Gasteiger partial charge < -0.3 is 19.9 Å². The number of ether oxygens (including phenoxy) is 2. The molecule has 0 saturated carbocycles. The van der Waals surface area contributed by atoms with Crippen LogP contribution >= 0.6 is 11.6 Å². The summed E-state index contributed by atoms with van der Waals surface area (Å²) in [4.78, 5) is 0. The van der Waals surface area contributed by atoms with Gasteiger partial charge in [-0.3, -0.25) is 0 Å². The summed E-state index contributed by atoms with van der Waals surface area (Å²) in [5.74, 6) is 0.712. The molecule has 0 aliphatic rings. The highest BCUT2D eigenvalue weighted by Gasteiger charge is 2.04. The summed E-state index contributed by atoms with van der Waals surface area (Å²) < 4.78 is 10.9. The van der Waals surface area contributed by atoms with E-state index >= 15 is 0 Å². The van der Waals surface area contributed by atoms with Crippen molar-refractivity contribution in [3.8, 4) is 5.75 Å². The van der Waals surface area contributed by atoms with Crippen LogP contribution in [0.5, 0.6) is 5.75 Å². The van der Waals surface area contributed by atoms with Crippen molar-refractivity contribution in [2.75, 3.05) is 26.3 Å². The maximum atomic E-state index is 9.80. The molecule has 4 nitrogen and oxygen atoms in total. The average Bonchev–Trinajstić information content (AvgIpc) is 2.45. The third-order valence-electron chi connectivity index (χ3n) is 2.84. The maximum Gasteiger partial charge on any atom is 0.119 e. The van der Waals surface area contributed by atoms with Gasteiger partial charge in [-0.15, -0.1) is 0 Å². The Balaban J connectivity index is 1.98. The van der Waals surface area contributed by atoms with Gasteiger partial charge in [0.2, 0.25) is 0 Å². The van der Waals surface area contributed by atoms with Gasteiger partial charge in [0.1, 0.15) is 18.5 Å². The quantitative estimate of drug-likeness (QED) is 0.617. The van der Waals surface area contributed by atoms with E-state index in [1.807, 2.05) is 13.8 Å². The molecule has 2 N–H and O–H groups in total. The third kappa shape index (κ3) is 9.69. The Kier molecular flexibility index (Phi) is 9.42. The first-order valence-corrected chi connectivity index (χ1v) is 7.84. The first-order chi connectivity index (χ1) is 10.1. The van der Waals surface area contributed by atoms with Gasteiger partial charge in [-0.2, -0.15) is 0 Å². The van der Waals surface area contributed by atoms with Gasteiger partial charge in [0.15, 0.2) is 0 Å². The van der Waals surface area contributed by atoms with Crippen LogP contribution in [0.1, 0.15) is 26.7 Å². The summed E-state index contributed by atoms with van der Waals surface area (Å²) in [6, 6.07) is 7.11. The molecule has 1 unspecified atom stereocenters. The second-order valence-corrected chi connectivity index (χ2v) is 5.69. The zero-order valence-corrected chi connectivity index (χ0v) is 13.6. The van der Waals surface area contributed by atoms with Gasteiger partial charge in [0.25, 0.3) is 0 Å². The number of aliphatic hydroxyl groups excluding tert-OH is 1. The Morgan fingerprint density at radius 2 is 1.90 bits per heavy atom. The fourth-order valence-electron chi connectivity index (χ4n) is 1.72. The summed E-state index contributed by atoms with van der Waals surface area (Å²) >= 11 is 5.79. The van der Waals surface area contributed by atoms with Gasteiger partial charge in [0, 0.05) is 18.2 Å². The van der Waals surface area contributed by atoms with Crippen molar-refractivity contribution in [1.82, 2.24) is 5.32 Å². The maximum absolute atomic E-state index is 9.80. The van der Waals surface area contributed by atoms with Crippen LogP contribution < -0.4 is 10.1 Å². The molecule has 1 aromatic carbocycles. The summed E-state index contributed by atoms with van der Waals surface area (Å²) in [5.41, 5.74) is 0. The van der Waals surface area contributed by atoms with Crippen molar-refractivity contribution in [3.05, 3.63) is 29.3 Å². The Hall–Kier alpha value is -0.810. The number of unbranched alkanes of at least 4 members (excludes halogenated alkanes) is 1. The highest BCUT2D eigenvalue weighted by atomic mass is 35.5. The topological polar surface area (TPSA) is 50.7 Å². The number of nitrogens with one attached hydrogen (secondary N) is 1. The summed E-state index contributed by atoms with van der Waals surface area (Å²) in [5, 5.41) is 13.7. The zero-order valence-electron chi connectivity index (χ0n) is 12.8. The van der Waals surface area contributed by atoms with Gasteiger partial charge in [-0.05, 0) is 57.5 Å². The smallest absolute Gasteiger partial charge is 0.119 e. The number of halogens is 1. The van der Waals surface area contributed by atoms with E-state index in [4.69, 9.17) is 21.1 Å². The minimum absolute atomic E-state index is 0.269. The molecule has 5 heteroatoms. The summed E-state index contributed by atoms with van der Waals surface area (Å²) in [6.07, 6.45) is 1.84. The molecule has 0 radical (unpaired) electrons. The number of rotatable bonds is 11. The van der Waals surface area contributed by atoms with Crippen LogP contribution in [0.3, 0.4) is 0 Å². The summed E-state index contributed by atoms with van der Waals surface area (Å²) in [6.45, 7) is 6.54. The number of benzene rings is 1. The Morgan fingerprint density at radius 1 is 1.19 bits per heavy atom. The highest BCUT2D eigenvalue weighted by Crippen LogP contribution is 2.15. The standard InChI is InChI=1S/C16H26ClNO3/c1-13(2)20-10-4-3-9-18-11-15(19)12-21-16-7-5-14(17)6-8-16/h5-8,13,15,18-19H,3-4,9-12H2,1-2H3. The molecular formula is C16H26ClNO3. The first-order valence-electron chi connectivity index (χ1n) is 7.46. The fourth-order valence-corrected chi connectivity index (χ4v) is 1.85. The molecule has 0 heterocycles. The second kappa shape index (κ2) is 10.9. The lowest BCUT2D eigenvalue weighted by atomic mass is 10.3. The highest BCUT2D eigenvalue weighted by molar-refractivity contribution is 6.30. The van der Waals surface area contributed by atoms with E-state index in [0.717, 1.165) is 26.0 Å². The summed E-state index contributed by atoms with van der Waals surface area (Å²) in [7, 11) is 0. The molecular weight excluding hydrogens is 290 g/mol. The number of hydrogen-bond acceptors (Lipinski definition) is 4. The number of hydrogen-bond donors (Lipinski definition) is 2. The van der Waals surface area contributed by atoms with Crippen LogP contribution in [0.4, 0.5) is 0 Å². The Bertz CT molecular complexity index is 370. The van der Waals surface area contributed by atoms with Gasteiger partial charge in [0.05, 0.1) is 6.10 Å². The lowest BCUT2D eigenvalue weighted by Crippen LogP contribution is -2.32. The number of aliphatic hydroxyl groups is 1. The van der Waals surface area contributed by atoms with Crippen LogP contribution in [0.25, 0.3) is 0 Å². The zero-order chi connectivity index (χ0) is 15.5. The van der Waals surface area contributed by atoms with E-state index in [9.17, 15) is 5.11 Å². The molecule has 0 aromatic heterocycles. The molecule has 0 aliphatic heterocycles. The van der Waals surface area contributed by atoms with E-state index in [-0.39, 0.29) is 6.61 Å². The largest absolute Gasteiger partial charge is 0.491 e. The minimum atomic E-state index is -0.521. The van der Waals surface area contributed by atoms with Crippen LogP contribution in [0, 0.1) is 0 Å². The lowest BCUT2D eigenvalue weighted by Gasteiger charge is -2.13. The van der Waals surface area contributed by atoms with Crippen LogP contribution in [0.15, 0.2) is 24.3 Å². The third-order valence-corrected chi connectivity index (χ3v) is 3.09. The van der Waals surface area contributed by atoms with Crippen molar-refractivity contribution < 1.29 is 14.6 Å². The lowest BCUT2D eigenvalue weighted by molar-refractivity contribution is 0.0755. The molecule has 0 aliphatic carbocycles. The molecule has 0 spiro atoms. The van der Waals surface area contributed by atoms with Gasteiger partial charge in [-0.1, -0.05) is 11.6 Å². The molecule has 1 aromatic rings. The van der Waals surface area contributed by atoms with E-state index in [2.05, 4.69) is 5.32 Å². The van der Waals surface area contributed by atoms with E-state index in [1.165, 1.54) is 0 Å². The Labute approximate surface area is 132 Å². The normalized spacial score (nSPS) is 12.6. The molecule has 21 heavy (non-hydrogen) atoms. The molecule has 120 valence electrons. The van der Waals surface area contributed by atoms with Crippen molar-refractivity contribution in [1.29, 1.82) is 0 Å². The fraction of sp³-hybridized carbons (Fsp3) is 0.625. The van der Waals surface area contributed by atoms with Crippen molar-refractivity contribution in [2.24, 2.45) is 0 Å². The second-order valence-electron chi connectivity index (χ2n) is 5.25. The molecule has 0 amide bonds. The SMILES string of the molecule is CC(C)OCCCCNCC(O)COc1ccc(Cl)cc1. The Morgan fingerprint density at radius 3 is 2.57 bits per heavy atom. The van der Waals surface area contributed by atoms with Crippen LogP contribution in [0.2, 0.25) is 5.02 Å². The van der Waals surface area contributed by atoms with Gasteiger partial charge in [-0.25, -0.2) is 0 Å². The predicted molar refractivity (Wildman–Crippen MR) is 86.1 cm³/mol. The monoisotopic (exact) mass is 315 g/mol. The van der Waals surface area contributed by atoms with Gasteiger partial charge >= 0.3 is 0 Å². The molecule has 1 rings (SSSR count). The average molecular weight is 316 g/mol. The van der Waals surface area contributed by atoms with Crippen molar-refractivity contribution in [2.45, 2.75) is 38.9 Å². The molecule has 0 saturated heterocycles. The van der Waals surface area contributed by atoms with Crippen molar-refractivity contribution >= 4 is 11.6 Å². The predicted octanol–water partition coefficient (Wildman–Crippen LogP) is 2.87. The molecule has 1 atom stereocenters.